The molecule has 0 aromatic heterocycles. The molecule has 0 aromatic carbocycles. The molecular formula is C4H3ClCuF6O4. The summed E-state index contributed by atoms with van der Waals surface area (Å²) in [7, 11) is 0. The molecule has 2 N–H and O–H groups in total. The number of rotatable bonds is 0. The molecule has 0 fully saturated rings. The van der Waals surface area contributed by atoms with Crippen LogP contribution in [0.25, 0.3) is 0 Å². The van der Waals surface area contributed by atoms with Crippen LogP contribution in [-0.2, 0) is 26.7 Å². The summed E-state index contributed by atoms with van der Waals surface area (Å²) in [6.07, 6.45) is -10.2. The van der Waals surface area contributed by atoms with Crippen molar-refractivity contribution >= 4 is 24.3 Å². The van der Waals surface area contributed by atoms with Crippen LogP contribution in [0.1, 0.15) is 0 Å². The van der Waals surface area contributed by atoms with Crippen LogP contribution < -0.4 is 0 Å². The SMILES string of the molecule is Cl.O=C(O)C(F)(F)F.O=C(O)C(F)(F)F.[Cu]. The van der Waals surface area contributed by atoms with Gasteiger partial charge in [0.2, 0.25) is 0 Å². The van der Waals surface area contributed by atoms with Crippen molar-refractivity contribution in [2.75, 3.05) is 0 Å². The Hall–Kier alpha value is -0.671. The Morgan fingerprint density at radius 1 is 0.750 bits per heavy atom. The van der Waals surface area contributed by atoms with Gasteiger partial charge in [-0.25, -0.2) is 9.59 Å². The van der Waals surface area contributed by atoms with E-state index in [1.165, 1.54) is 0 Å². The third-order valence-corrected chi connectivity index (χ3v) is 0.485. The molecule has 0 atom stereocenters. The molecule has 0 rings (SSSR count). The summed E-state index contributed by atoms with van der Waals surface area (Å²) in [4.78, 5) is 17.8. The minimum Gasteiger partial charge on any atom is -0.475 e. The predicted octanol–water partition coefficient (Wildman–Crippen LogP) is 1.69. The normalized spacial score (nSPS) is 9.88. The fraction of sp³-hybridized carbons (Fsp3) is 0.500. The number of aliphatic carboxylic acids is 2. The first-order valence-electron chi connectivity index (χ1n) is 2.49. The molecular weight excluding hydrogens is 325 g/mol. The van der Waals surface area contributed by atoms with Gasteiger partial charge in [0.15, 0.2) is 0 Å². The van der Waals surface area contributed by atoms with E-state index < -0.39 is 24.3 Å². The molecule has 16 heavy (non-hydrogen) atoms. The summed E-state index contributed by atoms with van der Waals surface area (Å²) in [6, 6.07) is 0. The van der Waals surface area contributed by atoms with E-state index in [1.54, 1.807) is 0 Å². The minimum absolute atomic E-state index is 0. The largest absolute Gasteiger partial charge is 0.490 e. The van der Waals surface area contributed by atoms with E-state index in [4.69, 9.17) is 19.8 Å². The topological polar surface area (TPSA) is 74.6 Å². The molecule has 0 aliphatic rings. The van der Waals surface area contributed by atoms with Crippen molar-refractivity contribution < 1.29 is 63.2 Å². The van der Waals surface area contributed by atoms with E-state index >= 15 is 0 Å². The van der Waals surface area contributed by atoms with E-state index in [0.29, 0.717) is 0 Å². The number of hydrogen-bond donors (Lipinski definition) is 2. The van der Waals surface area contributed by atoms with Gasteiger partial charge in [0.05, 0.1) is 0 Å². The van der Waals surface area contributed by atoms with E-state index in [2.05, 4.69) is 0 Å². The Bertz CT molecular complexity index is 202. The number of halogens is 7. The first-order valence-corrected chi connectivity index (χ1v) is 2.49. The van der Waals surface area contributed by atoms with E-state index in [-0.39, 0.29) is 29.5 Å². The quantitative estimate of drug-likeness (QED) is 0.524. The van der Waals surface area contributed by atoms with Crippen molar-refractivity contribution in [3.05, 3.63) is 0 Å². The molecule has 0 unspecified atom stereocenters. The van der Waals surface area contributed by atoms with E-state index in [0.717, 1.165) is 0 Å². The zero-order valence-corrected chi connectivity index (χ0v) is 8.45. The van der Waals surface area contributed by atoms with Crippen LogP contribution in [0.15, 0.2) is 0 Å². The summed E-state index contributed by atoms with van der Waals surface area (Å²) in [5.74, 6) is -5.51. The van der Waals surface area contributed by atoms with E-state index in [9.17, 15) is 26.3 Å². The molecule has 0 heterocycles. The third-order valence-electron chi connectivity index (χ3n) is 0.485. The molecule has 0 aromatic rings. The second-order valence-corrected chi connectivity index (χ2v) is 1.61. The van der Waals surface area contributed by atoms with Crippen molar-refractivity contribution in [3.63, 3.8) is 0 Å². The third kappa shape index (κ3) is 15.8. The maximum Gasteiger partial charge on any atom is 0.490 e. The average molecular weight is 328 g/mol. The summed E-state index contributed by atoms with van der Waals surface area (Å²) < 4.78 is 63.5. The minimum atomic E-state index is -5.08. The van der Waals surface area contributed by atoms with Crippen molar-refractivity contribution in [1.82, 2.24) is 0 Å². The Morgan fingerprint density at radius 2 is 0.812 bits per heavy atom. The number of carboxylic acids is 2. The zero-order valence-electron chi connectivity index (χ0n) is 6.69. The molecule has 1 radical (unpaired) electrons. The predicted molar refractivity (Wildman–Crippen MR) is 34.6 cm³/mol. The van der Waals surface area contributed by atoms with Crippen LogP contribution in [0.5, 0.6) is 0 Å². The molecule has 4 nitrogen and oxygen atoms in total. The van der Waals surface area contributed by atoms with Crippen LogP contribution >= 0.6 is 12.4 Å². The van der Waals surface area contributed by atoms with Gasteiger partial charge in [-0.3, -0.25) is 0 Å². The number of carboxylic acid groups (broad SMARTS) is 2. The Labute approximate surface area is 100 Å². The molecule has 0 spiro atoms. The van der Waals surface area contributed by atoms with Gasteiger partial charge in [-0.2, -0.15) is 26.3 Å². The fourth-order valence-electron chi connectivity index (χ4n) is 0. The maximum atomic E-state index is 10.6. The second-order valence-electron chi connectivity index (χ2n) is 1.61. The molecule has 0 aliphatic carbocycles. The van der Waals surface area contributed by atoms with Crippen LogP contribution in [0.2, 0.25) is 0 Å². The first-order chi connectivity index (χ1) is 5.89. The second kappa shape index (κ2) is 8.48. The van der Waals surface area contributed by atoms with Crippen LogP contribution in [0.3, 0.4) is 0 Å². The first kappa shape index (κ1) is 24.5. The van der Waals surface area contributed by atoms with Gasteiger partial charge in [0.25, 0.3) is 0 Å². The van der Waals surface area contributed by atoms with Gasteiger partial charge in [-0.1, -0.05) is 0 Å². The summed E-state index contributed by atoms with van der Waals surface area (Å²) >= 11 is 0. The summed E-state index contributed by atoms with van der Waals surface area (Å²) in [5.41, 5.74) is 0. The number of alkyl halides is 6. The smallest absolute Gasteiger partial charge is 0.475 e. The van der Waals surface area contributed by atoms with Gasteiger partial charge in [0.1, 0.15) is 0 Å². The Balaban J connectivity index is -0.0000000800. The van der Waals surface area contributed by atoms with Crippen LogP contribution in [0, 0.1) is 0 Å². The Morgan fingerprint density at radius 3 is 0.812 bits per heavy atom. The standard InChI is InChI=1S/2C2HF3O2.ClH.Cu/c2*3-2(4,5)1(6)7;;/h2*(H,6,7);1H;. The maximum absolute atomic E-state index is 10.6. The van der Waals surface area contributed by atoms with Gasteiger partial charge in [0, 0.05) is 17.1 Å². The number of hydrogen-bond acceptors (Lipinski definition) is 2. The summed E-state index contributed by atoms with van der Waals surface area (Å²) in [5, 5.41) is 14.2. The average Bonchev–Trinajstić information content (AvgIpc) is 1.83. The molecule has 12 heteroatoms. The molecule has 0 bridgehead atoms. The van der Waals surface area contributed by atoms with E-state index in [1.807, 2.05) is 0 Å². The molecule has 0 aliphatic heterocycles. The van der Waals surface area contributed by atoms with Gasteiger partial charge >= 0.3 is 24.3 Å². The zero-order chi connectivity index (χ0) is 12.2. The van der Waals surface area contributed by atoms with Gasteiger partial charge in [-0.15, -0.1) is 12.4 Å². The molecule has 0 saturated carbocycles. The van der Waals surface area contributed by atoms with Crippen molar-refractivity contribution in [1.29, 1.82) is 0 Å². The molecule has 103 valence electrons. The fourth-order valence-corrected chi connectivity index (χ4v) is 0. The van der Waals surface area contributed by atoms with Crippen LogP contribution in [-0.4, -0.2) is 34.5 Å². The monoisotopic (exact) mass is 327 g/mol. The van der Waals surface area contributed by atoms with Gasteiger partial charge in [-0.05, 0) is 0 Å². The summed E-state index contributed by atoms with van der Waals surface area (Å²) in [6.45, 7) is 0. The van der Waals surface area contributed by atoms with Gasteiger partial charge < -0.3 is 10.2 Å². The van der Waals surface area contributed by atoms with Crippen molar-refractivity contribution in [2.24, 2.45) is 0 Å². The molecule has 0 saturated heterocycles. The van der Waals surface area contributed by atoms with Crippen molar-refractivity contribution in [2.45, 2.75) is 12.4 Å². The number of carbonyl (C=O) groups is 2. The molecule has 0 amide bonds. The van der Waals surface area contributed by atoms with Crippen LogP contribution in [0.4, 0.5) is 26.3 Å². The Kier molecular flexibility index (Phi) is 13.0. The van der Waals surface area contributed by atoms with Crippen molar-refractivity contribution in [3.8, 4) is 0 Å².